The Balaban J connectivity index is 3.39. The molecule has 0 aliphatic heterocycles. The fourth-order valence-electron chi connectivity index (χ4n) is 2.58. The van der Waals surface area contributed by atoms with Crippen LogP contribution in [-0.4, -0.2) is 40.5 Å². The molecule has 0 bridgehead atoms. The molecule has 5 nitrogen and oxygen atoms in total. The van der Waals surface area contributed by atoms with Crippen molar-refractivity contribution in [2.24, 2.45) is 0 Å². The van der Waals surface area contributed by atoms with Gasteiger partial charge in [-0.3, -0.25) is 0 Å². The zero-order valence-corrected chi connectivity index (χ0v) is 18.0. The summed E-state index contributed by atoms with van der Waals surface area (Å²) < 4.78 is 5.26. The molecule has 0 aromatic rings. The van der Waals surface area contributed by atoms with E-state index in [1.54, 1.807) is 0 Å². The Labute approximate surface area is 162 Å². The molecule has 0 aromatic carbocycles. The summed E-state index contributed by atoms with van der Waals surface area (Å²) in [4.78, 5) is 22.7. The van der Waals surface area contributed by atoms with Crippen molar-refractivity contribution < 1.29 is 14.3 Å². The molecule has 0 heterocycles. The van der Waals surface area contributed by atoms with Gasteiger partial charge in [0.15, 0.2) is 0 Å². The summed E-state index contributed by atoms with van der Waals surface area (Å²) >= 11 is 2.33. The zero-order valence-electron chi connectivity index (χ0n) is 16.1. The van der Waals surface area contributed by atoms with E-state index in [4.69, 9.17) is 4.74 Å². The third kappa shape index (κ3) is 16.6. The summed E-state index contributed by atoms with van der Waals surface area (Å²) in [6, 6.07) is -0.499. The summed E-state index contributed by atoms with van der Waals surface area (Å²) in [5, 5.41) is 0.518. The summed E-state index contributed by atoms with van der Waals surface area (Å²) in [7, 11) is 0. The average Bonchev–Trinajstić information content (AvgIpc) is 2.59. The van der Waals surface area contributed by atoms with Crippen LogP contribution in [0.15, 0.2) is 0 Å². The van der Waals surface area contributed by atoms with Gasteiger partial charge in [0.25, 0.3) is 0 Å². The van der Waals surface area contributed by atoms with Gasteiger partial charge in [-0.15, -0.1) is 0 Å². The summed E-state index contributed by atoms with van der Waals surface area (Å²) in [6.45, 7) is 4.11. The van der Waals surface area contributed by atoms with Gasteiger partial charge in [0, 0.05) is 0 Å². The van der Waals surface area contributed by atoms with Gasteiger partial charge >= 0.3 is 123 Å². The van der Waals surface area contributed by atoms with Crippen LogP contribution in [-0.2, 0) is 14.3 Å². The van der Waals surface area contributed by atoms with Crippen LogP contribution in [0.3, 0.4) is 0 Å². The minimum atomic E-state index is -0.499. The second-order valence-corrected chi connectivity index (χ2v) is 7.38. The zero-order chi connectivity index (χ0) is 18.8. The molecule has 0 aromatic heterocycles. The standard InChI is InChI=1S/C19H38N2O3Se/c1-3-4-5-6-7-8-9-10-11-12-13-14-15-24-19(23)18(16-25)21-20-17(2)22/h18,21,25H,3-16H2,1-2H3,(H,20,22)/t18-/m0/s1. The predicted octanol–water partition coefficient (Wildman–Crippen LogP) is 3.56. The van der Waals surface area contributed by atoms with Gasteiger partial charge in [-0.25, -0.2) is 0 Å². The fraction of sp³-hybridized carbons (Fsp3) is 0.895. The van der Waals surface area contributed by atoms with Crippen molar-refractivity contribution in [3.8, 4) is 0 Å². The minimum absolute atomic E-state index is 0.222. The predicted molar refractivity (Wildman–Crippen MR) is 105 cm³/mol. The molecule has 0 spiro atoms. The Bertz CT molecular complexity index is 341. The van der Waals surface area contributed by atoms with Crippen LogP contribution in [0.25, 0.3) is 0 Å². The summed E-state index contributed by atoms with van der Waals surface area (Å²) in [5.74, 6) is -0.530. The molecular weight excluding hydrogens is 383 g/mol. The maximum atomic E-state index is 11.8. The van der Waals surface area contributed by atoms with E-state index in [2.05, 4.69) is 33.8 Å². The number of hydrogen-bond acceptors (Lipinski definition) is 4. The van der Waals surface area contributed by atoms with Crippen molar-refractivity contribution in [3.05, 3.63) is 0 Å². The molecule has 1 amide bonds. The first-order valence-electron chi connectivity index (χ1n) is 9.91. The van der Waals surface area contributed by atoms with Crippen LogP contribution in [0.4, 0.5) is 0 Å². The van der Waals surface area contributed by atoms with Crippen molar-refractivity contribution in [1.29, 1.82) is 0 Å². The first kappa shape index (κ1) is 24.4. The van der Waals surface area contributed by atoms with Gasteiger partial charge in [0.2, 0.25) is 0 Å². The van der Waals surface area contributed by atoms with Crippen molar-refractivity contribution in [3.63, 3.8) is 0 Å². The van der Waals surface area contributed by atoms with Gasteiger partial charge < -0.3 is 0 Å². The van der Waals surface area contributed by atoms with E-state index in [-0.39, 0.29) is 11.9 Å². The second-order valence-electron chi connectivity index (χ2n) is 6.62. The molecule has 0 fully saturated rings. The Kier molecular flexibility index (Phi) is 17.8. The molecular formula is C19H38N2O3Se. The molecule has 25 heavy (non-hydrogen) atoms. The fourth-order valence-corrected chi connectivity index (χ4v) is 3.09. The van der Waals surface area contributed by atoms with E-state index in [1.165, 1.54) is 71.1 Å². The molecule has 0 saturated carbocycles. The molecule has 0 aliphatic carbocycles. The number of nitrogens with one attached hydrogen (secondary N) is 2. The third-order valence-corrected chi connectivity index (χ3v) is 4.90. The Hall–Kier alpha value is -0.581. The van der Waals surface area contributed by atoms with E-state index in [1.807, 2.05) is 0 Å². The molecule has 1 atom stereocenters. The van der Waals surface area contributed by atoms with E-state index >= 15 is 0 Å². The Morgan fingerprint density at radius 1 is 0.880 bits per heavy atom. The third-order valence-electron chi connectivity index (χ3n) is 4.13. The quantitative estimate of drug-likeness (QED) is 0.163. The van der Waals surface area contributed by atoms with Crippen LogP contribution in [0.1, 0.15) is 90.9 Å². The molecule has 0 unspecified atom stereocenters. The normalized spacial score (nSPS) is 12.0. The van der Waals surface area contributed by atoms with Gasteiger partial charge in [-0.05, 0) is 0 Å². The number of esters is 1. The van der Waals surface area contributed by atoms with Gasteiger partial charge in [-0.1, -0.05) is 39.0 Å². The monoisotopic (exact) mass is 422 g/mol. The van der Waals surface area contributed by atoms with Crippen molar-refractivity contribution in [2.75, 3.05) is 6.61 Å². The molecule has 0 saturated heterocycles. The number of hydrazine groups is 1. The number of hydrogen-bond donors (Lipinski definition) is 2. The van der Waals surface area contributed by atoms with E-state index < -0.39 is 6.04 Å². The second kappa shape index (κ2) is 18.2. The van der Waals surface area contributed by atoms with Crippen LogP contribution >= 0.6 is 0 Å². The number of carbonyl (C=O) groups is 2. The Morgan fingerprint density at radius 3 is 1.80 bits per heavy atom. The van der Waals surface area contributed by atoms with Gasteiger partial charge in [-0.2, -0.15) is 0 Å². The molecule has 0 rings (SSSR count). The van der Waals surface area contributed by atoms with Crippen LogP contribution in [0.2, 0.25) is 5.32 Å². The van der Waals surface area contributed by atoms with E-state index in [9.17, 15) is 9.59 Å². The molecule has 0 aliphatic rings. The van der Waals surface area contributed by atoms with Crippen LogP contribution < -0.4 is 10.9 Å². The van der Waals surface area contributed by atoms with Gasteiger partial charge in [0.1, 0.15) is 0 Å². The molecule has 2 N–H and O–H groups in total. The first-order valence-corrected chi connectivity index (χ1v) is 11.2. The number of ether oxygens (including phenoxy) is 1. The van der Waals surface area contributed by atoms with E-state index in [0.717, 1.165) is 12.8 Å². The molecule has 6 heteroatoms. The van der Waals surface area contributed by atoms with Gasteiger partial charge in [0.05, 0.1) is 0 Å². The molecule has 148 valence electrons. The first-order chi connectivity index (χ1) is 12.1. The topological polar surface area (TPSA) is 67.4 Å². The number of amides is 1. The number of rotatable bonds is 17. The van der Waals surface area contributed by atoms with Crippen molar-refractivity contribution in [1.82, 2.24) is 10.9 Å². The summed E-state index contributed by atoms with van der Waals surface area (Å²) in [5.41, 5.74) is 5.10. The summed E-state index contributed by atoms with van der Waals surface area (Å²) in [6.07, 6.45) is 15.4. The Morgan fingerprint density at radius 2 is 1.36 bits per heavy atom. The van der Waals surface area contributed by atoms with Crippen molar-refractivity contribution >= 4 is 27.9 Å². The van der Waals surface area contributed by atoms with Crippen molar-refractivity contribution in [2.45, 2.75) is 102 Å². The number of unbranched alkanes of at least 4 members (excludes halogenated alkanes) is 11. The van der Waals surface area contributed by atoms with E-state index in [0.29, 0.717) is 11.9 Å². The molecule has 0 radical (unpaired) electrons. The van der Waals surface area contributed by atoms with Crippen LogP contribution in [0.5, 0.6) is 0 Å². The average molecular weight is 421 g/mol. The number of carbonyl (C=O) groups excluding carboxylic acids is 2. The van der Waals surface area contributed by atoms with Crippen LogP contribution in [0, 0.1) is 0 Å². The maximum absolute atomic E-state index is 11.8. The SMILES string of the molecule is CCCCCCCCCCCCCCOC(=O)[C@H](C[SeH])NNC(C)=O.